The molecule has 23 heavy (non-hydrogen) atoms. The molecule has 0 unspecified atom stereocenters. The van der Waals surface area contributed by atoms with Crippen molar-refractivity contribution in [2.24, 2.45) is 0 Å². The van der Waals surface area contributed by atoms with Gasteiger partial charge in [-0.3, -0.25) is 15.1 Å². The van der Waals surface area contributed by atoms with Crippen LogP contribution in [-0.2, 0) is 6.54 Å². The minimum Gasteiger partial charge on any atom is -0.302 e. The molecule has 9 heteroatoms. The predicted molar refractivity (Wildman–Crippen MR) is 83.9 cm³/mol. The molecule has 0 N–H and O–H groups in total. The van der Waals surface area contributed by atoms with Crippen LogP contribution in [-0.4, -0.2) is 29.7 Å². The molecule has 0 saturated heterocycles. The number of aromatic nitrogens is 5. The van der Waals surface area contributed by atoms with E-state index < -0.39 is 4.92 Å². The van der Waals surface area contributed by atoms with Crippen molar-refractivity contribution in [2.75, 3.05) is 0 Å². The fraction of sp³-hybridized carbons (Fsp3) is 0.143. The van der Waals surface area contributed by atoms with E-state index in [9.17, 15) is 10.1 Å². The second kappa shape index (κ2) is 6.53. The van der Waals surface area contributed by atoms with E-state index in [2.05, 4.69) is 20.2 Å². The van der Waals surface area contributed by atoms with Gasteiger partial charge in [0.25, 0.3) is 5.69 Å². The third-order valence-electron chi connectivity index (χ3n) is 3.10. The highest BCUT2D eigenvalue weighted by molar-refractivity contribution is 7.99. The molecule has 3 heterocycles. The average molecular weight is 328 g/mol. The van der Waals surface area contributed by atoms with E-state index >= 15 is 0 Å². The summed E-state index contributed by atoms with van der Waals surface area (Å²) in [4.78, 5) is 18.3. The quantitative estimate of drug-likeness (QED) is 0.524. The SMILES string of the molecule is CCn1c(Sc2ccc([N+](=O)[O-])cn2)nnc1-c1ccncc1. The van der Waals surface area contributed by atoms with Crippen molar-refractivity contribution in [1.29, 1.82) is 0 Å². The minimum absolute atomic E-state index is 0.0382. The Morgan fingerprint density at radius 3 is 2.61 bits per heavy atom. The molecule has 0 fully saturated rings. The maximum Gasteiger partial charge on any atom is 0.287 e. The zero-order chi connectivity index (χ0) is 16.2. The van der Waals surface area contributed by atoms with Gasteiger partial charge < -0.3 is 4.57 Å². The van der Waals surface area contributed by atoms with Gasteiger partial charge in [0, 0.05) is 30.6 Å². The smallest absolute Gasteiger partial charge is 0.287 e. The van der Waals surface area contributed by atoms with E-state index in [0.717, 1.165) is 11.4 Å². The Kier molecular flexibility index (Phi) is 4.29. The van der Waals surface area contributed by atoms with Crippen molar-refractivity contribution >= 4 is 17.4 Å². The number of nitro groups is 1. The fourth-order valence-corrected chi connectivity index (χ4v) is 2.83. The van der Waals surface area contributed by atoms with Crippen molar-refractivity contribution < 1.29 is 4.92 Å². The Balaban J connectivity index is 1.89. The van der Waals surface area contributed by atoms with Gasteiger partial charge in [-0.15, -0.1) is 10.2 Å². The lowest BCUT2D eigenvalue weighted by atomic mass is 10.2. The summed E-state index contributed by atoms with van der Waals surface area (Å²) in [6.45, 7) is 2.70. The van der Waals surface area contributed by atoms with Crippen LogP contribution in [0.1, 0.15) is 6.92 Å². The summed E-state index contributed by atoms with van der Waals surface area (Å²) < 4.78 is 1.96. The van der Waals surface area contributed by atoms with Crippen molar-refractivity contribution in [3.8, 4) is 11.4 Å². The van der Waals surface area contributed by atoms with Crippen LogP contribution in [0.3, 0.4) is 0 Å². The van der Waals surface area contributed by atoms with Gasteiger partial charge >= 0.3 is 0 Å². The fourth-order valence-electron chi connectivity index (χ4n) is 2.00. The van der Waals surface area contributed by atoms with Gasteiger partial charge in [-0.25, -0.2) is 4.98 Å². The molecule has 0 radical (unpaired) electrons. The number of nitrogens with zero attached hydrogens (tertiary/aromatic N) is 6. The maximum atomic E-state index is 10.7. The van der Waals surface area contributed by atoms with E-state index in [1.165, 1.54) is 24.0 Å². The molecule has 0 aliphatic heterocycles. The third-order valence-corrected chi connectivity index (χ3v) is 4.03. The van der Waals surface area contributed by atoms with E-state index in [0.29, 0.717) is 16.7 Å². The molecule has 0 atom stereocenters. The molecular weight excluding hydrogens is 316 g/mol. The normalized spacial score (nSPS) is 10.7. The highest BCUT2D eigenvalue weighted by Gasteiger charge is 2.15. The largest absolute Gasteiger partial charge is 0.302 e. The topological polar surface area (TPSA) is 99.6 Å². The Morgan fingerprint density at radius 2 is 2.00 bits per heavy atom. The van der Waals surface area contributed by atoms with Crippen LogP contribution in [0, 0.1) is 10.1 Å². The van der Waals surface area contributed by atoms with Crippen molar-refractivity contribution in [1.82, 2.24) is 24.7 Å². The standard InChI is InChI=1S/C14H12N6O2S/c1-2-19-13(10-5-7-15-8-6-10)17-18-14(19)23-12-4-3-11(9-16-12)20(21)22/h3-9H,2H2,1H3. The summed E-state index contributed by atoms with van der Waals surface area (Å²) in [5.74, 6) is 0.749. The Hall–Kier alpha value is -2.81. The third kappa shape index (κ3) is 3.19. The molecule has 8 nitrogen and oxygen atoms in total. The van der Waals surface area contributed by atoms with Gasteiger partial charge in [-0.05, 0) is 36.9 Å². The molecule has 0 aliphatic carbocycles. The minimum atomic E-state index is -0.475. The number of rotatable bonds is 5. The highest BCUT2D eigenvalue weighted by Crippen LogP contribution is 2.28. The maximum absolute atomic E-state index is 10.7. The summed E-state index contributed by atoms with van der Waals surface area (Å²) >= 11 is 1.31. The van der Waals surface area contributed by atoms with E-state index in [1.807, 2.05) is 23.6 Å². The molecule has 0 bridgehead atoms. The molecule has 0 spiro atoms. The van der Waals surface area contributed by atoms with E-state index in [4.69, 9.17) is 0 Å². The molecule has 3 aromatic rings. The van der Waals surface area contributed by atoms with Gasteiger partial charge in [-0.2, -0.15) is 0 Å². The second-order valence-electron chi connectivity index (χ2n) is 4.50. The van der Waals surface area contributed by atoms with Gasteiger partial charge in [0.05, 0.1) is 4.92 Å². The van der Waals surface area contributed by atoms with Crippen molar-refractivity contribution in [3.63, 3.8) is 0 Å². The second-order valence-corrected chi connectivity index (χ2v) is 5.49. The van der Waals surface area contributed by atoms with E-state index in [1.54, 1.807) is 18.5 Å². The average Bonchev–Trinajstić information content (AvgIpc) is 2.98. The molecule has 3 rings (SSSR count). The first-order chi connectivity index (χ1) is 11.2. The monoisotopic (exact) mass is 328 g/mol. The van der Waals surface area contributed by atoms with Crippen LogP contribution in [0.15, 0.2) is 53.0 Å². The zero-order valence-electron chi connectivity index (χ0n) is 12.2. The van der Waals surface area contributed by atoms with Gasteiger partial charge in [0.1, 0.15) is 11.2 Å². The highest BCUT2D eigenvalue weighted by atomic mass is 32.2. The zero-order valence-corrected chi connectivity index (χ0v) is 13.0. The number of hydrogen-bond donors (Lipinski definition) is 0. The Morgan fingerprint density at radius 1 is 1.22 bits per heavy atom. The summed E-state index contributed by atoms with van der Waals surface area (Å²) in [5.41, 5.74) is 0.890. The summed E-state index contributed by atoms with van der Waals surface area (Å²) in [7, 11) is 0. The lowest BCUT2D eigenvalue weighted by Crippen LogP contribution is -2.00. The van der Waals surface area contributed by atoms with Crippen LogP contribution >= 0.6 is 11.8 Å². The van der Waals surface area contributed by atoms with Gasteiger partial charge in [0.15, 0.2) is 11.0 Å². The van der Waals surface area contributed by atoms with Crippen LogP contribution in [0.25, 0.3) is 11.4 Å². The van der Waals surface area contributed by atoms with Crippen LogP contribution in [0.2, 0.25) is 0 Å². The number of hydrogen-bond acceptors (Lipinski definition) is 7. The van der Waals surface area contributed by atoms with Crippen molar-refractivity contribution in [2.45, 2.75) is 23.7 Å². The lowest BCUT2D eigenvalue weighted by molar-refractivity contribution is -0.385. The molecule has 3 aromatic heterocycles. The Labute approximate surface area is 135 Å². The predicted octanol–water partition coefficient (Wildman–Crippen LogP) is 2.81. The van der Waals surface area contributed by atoms with Crippen LogP contribution < -0.4 is 0 Å². The summed E-state index contributed by atoms with van der Waals surface area (Å²) in [5, 5.41) is 20.4. The first-order valence-corrected chi connectivity index (χ1v) is 7.62. The molecule has 0 saturated carbocycles. The van der Waals surface area contributed by atoms with Gasteiger partial charge in [0.2, 0.25) is 0 Å². The first-order valence-electron chi connectivity index (χ1n) is 6.81. The molecule has 116 valence electrons. The number of pyridine rings is 2. The van der Waals surface area contributed by atoms with Crippen LogP contribution in [0.5, 0.6) is 0 Å². The lowest BCUT2D eigenvalue weighted by Gasteiger charge is -2.06. The summed E-state index contributed by atoms with van der Waals surface area (Å²) in [6.07, 6.45) is 4.64. The molecule has 0 aromatic carbocycles. The van der Waals surface area contributed by atoms with Gasteiger partial charge in [-0.1, -0.05) is 0 Å². The van der Waals surface area contributed by atoms with E-state index in [-0.39, 0.29) is 5.69 Å². The molecule has 0 amide bonds. The molecular formula is C14H12N6O2S. The first kappa shape index (κ1) is 15.1. The van der Waals surface area contributed by atoms with Crippen molar-refractivity contribution in [3.05, 3.63) is 53.0 Å². The summed E-state index contributed by atoms with van der Waals surface area (Å²) in [6, 6.07) is 6.76. The Bertz CT molecular complexity index is 819. The molecule has 0 aliphatic rings. The van der Waals surface area contributed by atoms with Crippen LogP contribution in [0.4, 0.5) is 5.69 Å².